The molecule has 0 fully saturated rings. The predicted octanol–water partition coefficient (Wildman–Crippen LogP) is 4.31. The number of fused-ring (bicyclic) bond motifs is 3. The molecule has 0 unspecified atom stereocenters. The fourth-order valence-electron chi connectivity index (χ4n) is 3.46. The van der Waals surface area contributed by atoms with E-state index in [-0.39, 0.29) is 23.3 Å². The predicted molar refractivity (Wildman–Crippen MR) is 112 cm³/mol. The van der Waals surface area contributed by atoms with Crippen molar-refractivity contribution in [3.05, 3.63) is 77.6 Å². The van der Waals surface area contributed by atoms with E-state index >= 15 is 0 Å². The smallest absolute Gasteiger partial charge is 0.338 e. The van der Waals surface area contributed by atoms with Gasteiger partial charge in [-0.05, 0) is 35.0 Å². The standard InChI is InChI=1S/C24H18O7/c1-28-23(26)15-9-16(24(27)29-2)11-18(10-15)31-21(25)12-17-13-30-20-8-7-14-5-3-4-6-19(14)22(17)20/h3-11,13H,12H2,1-2H3. The number of hydrogen-bond donors (Lipinski definition) is 0. The molecular weight excluding hydrogens is 400 g/mol. The number of esters is 3. The van der Waals surface area contributed by atoms with E-state index in [1.807, 2.05) is 36.4 Å². The van der Waals surface area contributed by atoms with Gasteiger partial charge in [0.15, 0.2) is 0 Å². The summed E-state index contributed by atoms with van der Waals surface area (Å²) in [5.41, 5.74) is 1.47. The summed E-state index contributed by atoms with van der Waals surface area (Å²) in [6, 6.07) is 15.6. The Morgan fingerprint density at radius 3 is 2.23 bits per heavy atom. The molecule has 156 valence electrons. The zero-order chi connectivity index (χ0) is 22.0. The van der Waals surface area contributed by atoms with Gasteiger partial charge in [-0.2, -0.15) is 0 Å². The molecule has 0 amide bonds. The number of methoxy groups -OCH3 is 2. The molecule has 3 aromatic carbocycles. The Hall–Kier alpha value is -4.13. The van der Waals surface area contributed by atoms with Crippen molar-refractivity contribution in [2.75, 3.05) is 14.2 Å². The Labute approximate surface area is 177 Å². The number of carbonyl (C=O) groups excluding carboxylic acids is 3. The molecule has 0 saturated carbocycles. The Morgan fingerprint density at radius 2 is 1.55 bits per heavy atom. The number of ether oxygens (including phenoxy) is 3. The zero-order valence-electron chi connectivity index (χ0n) is 16.8. The highest BCUT2D eigenvalue weighted by molar-refractivity contribution is 6.08. The highest BCUT2D eigenvalue weighted by Crippen LogP contribution is 2.30. The lowest BCUT2D eigenvalue weighted by atomic mass is 10.0. The van der Waals surface area contributed by atoms with Crippen LogP contribution in [0.15, 0.2) is 65.3 Å². The van der Waals surface area contributed by atoms with Gasteiger partial charge >= 0.3 is 17.9 Å². The van der Waals surface area contributed by atoms with Crippen LogP contribution >= 0.6 is 0 Å². The topological polar surface area (TPSA) is 92.0 Å². The van der Waals surface area contributed by atoms with E-state index in [9.17, 15) is 14.4 Å². The Bertz CT molecular complexity index is 1280. The number of carbonyl (C=O) groups is 3. The van der Waals surface area contributed by atoms with Crippen LogP contribution < -0.4 is 4.74 Å². The van der Waals surface area contributed by atoms with Crippen molar-refractivity contribution in [2.45, 2.75) is 6.42 Å². The minimum Gasteiger partial charge on any atom is -0.465 e. The fraction of sp³-hybridized carbons (Fsp3) is 0.125. The zero-order valence-corrected chi connectivity index (χ0v) is 16.8. The first-order valence-electron chi connectivity index (χ1n) is 9.40. The van der Waals surface area contributed by atoms with Crippen molar-refractivity contribution in [1.29, 1.82) is 0 Å². The number of hydrogen-bond acceptors (Lipinski definition) is 7. The molecule has 0 radical (unpaired) electrons. The van der Waals surface area contributed by atoms with Crippen LogP contribution in [0.2, 0.25) is 0 Å². The molecule has 0 bridgehead atoms. The summed E-state index contributed by atoms with van der Waals surface area (Å²) in [5, 5.41) is 2.84. The van der Waals surface area contributed by atoms with Gasteiger partial charge in [-0.3, -0.25) is 4.79 Å². The molecule has 4 aromatic rings. The van der Waals surface area contributed by atoms with Crippen molar-refractivity contribution in [1.82, 2.24) is 0 Å². The molecule has 0 aliphatic rings. The number of benzene rings is 3. The highest BCUT2D eigenvalue weighted by atomic mass is 16.5. The lowest BCUT2D eigenvalue weighted by Gasteiger charge is -2.09. The highest BCUT2D eigenvalue weighted by Gasteiger charge is 2.18. The quantitative estimate of drug-likeness (QED) is 0.352. The van der Waals surface area contributed by atoms with E-state index in [0.717, 1.165) is 16.2 Å². The molecule has 31 heavy (non-hydrogen) atoms. The summed E-state index contributed by atoms with van der Waals surface area (Å²) in [6.45, 7) is 0. The molecule has 0 aliphatic heterocycles. The monoisotopic (exact) mass is 418 g/mol. The van der Waals surface area contributed by atoms with Gasteiger partial charge in [0, 0.05) is 10.9 Å². The summed E-state index contributed by atoms with van der Waals surface area (Å²) in [6.07, 6.45) is 1.47. The normalized spacial score (nSPS) is 10.8. The Balaban J connectivity index is 1.64. The molecular formula is C24H18O7. The molecule has 0 spiro atoms. The molecule has 0 N–H and O–H groups in total. The number of rotatable bonds is 5. The molecule has 0 saturated heterocycles. The Kier molecular flexibility index (Phi) is 5.41. The third-order valence-corrected chi connectivity index (χ3v) is 4.86. The average molecular weight is 418 g/mol. The van der Waals surface area contributed by atoms with Crippen molar-refractivity contribution in [2.24, 2.45) is 0 Å². The minimum atomic E-state index is -0.671. The largest absolute Gasteiger partial charge is 0.465 e. The van der Waals surface area contributed by atoms with Gasteiger partial charge in [-0.1, -0.05) is 30.3 Å². The first-order valence-corrected chi connectivity index (χ1v) is 9.40. The van der Waals surface area contributed by atoms with Crippen LogP contribution in [-0.2, 0) is 20.7 Å². The maximum atomic E-state index is 12.7. The second-order valence-electron chi connectivity index (χ2n) is 6.80. The molecule has 7 heteroatoms. The van der Waals surface area contributed by atoms with Crippen molar-refractivity contribution < 1.29 is 33.0 Å². The van der Waals surface area contributed by atoms with Gasteiger partial charge in [0.1, 0.15) is 11.3 Å². The SMILES string of the molecule is COC(=O)c1cc(OC(=O)Cc2coc3ccc4ccccc4c23)cc(C(=O)OC)c1. The molecule has 1 heterocycles. The maximum absolute atomic E-state index is 12.7. The van der Waals surface area contributed by atoms with E-state index in [0.29, 0.717) is 11.1 Å². The lowest BCUT2D eigenvalue weighted by molar-refractivity contribution is -0.133. The average Bonchev–Trinajstić information content (AvgIpc) is 3.20. The van der Waals surface area contributed by atoms with Crippen LogP contribution in [0.1, 0.15) is 26.3 Å². The lowest BCUT2D eigenvalue weighted by Crippen LogP contribution is -2.13. The summed E-state index contributed by atoms with van der Waals surface area (Å²) in [5.74, 6) is -1.88. The molecule has 7 nitrogen and oxygen atoms in total. The summed E-state index contributed by atoms with van der Waals surface area (Å²) in [4.78, 5) is 36.5. The van der Waals surface area contributed by atoms with Crippen LogP contribution in [0.5, 0.6) is 5.75 Å². The van der Waals surface area contributed by atoms with E-state index in [1.54, 1.807) is 0 Å². The van der Waals surface area contributed by atoms with Gasteiger partial charge < -0.3 is 18.6 Å². The Morgan fingerprint density at radius 1 is 0.871 bits per heavy atom. The van der Waals surface area contributed by atoms with Crippen molar-refractivity contribution in [3.8, 4) is 5.75 Å². The van der Waals surface area contributed by atoms with Crippen LogP contribution in [0, 0.1) is 0 Å². The first kappa shape index (κ1) is 20.2. The van der Waals surface area contributed by atoms with Gasteiger partial charge in [0.25, 0.3) is 0 Å². The second-order valence-corrected chi connectivity index (χ2v) is 6.80. The molecule has 1 aromatic heterocycles. The van der Waals surface area contributed by atoms with E-state index in [1.165, 1.54) is 38.7 Å². The van der Waals surface area contributed by atoms with Crippen molar-refractivity contribution in [3.63, 3.8) is 0 Å². The van der Waals surface area contributed by atoms with E-state index < -0.39 is 17.9 Å². The second kappa shape index (κ2) is 8.31. The van der Waals surface area contributed by atoms with Crippen LogP contribution in [0.25, 0.3) is 21.7 Å². The van der Waals surface area contributed by atoms with E-state index in [4.69, 9.17) is 18.6 Å². The van der Waals surface area contributed by atoms with Gasteiger partial charge in [0.05, 0.1) is 38.0 Å². The van der Waals surface area contributed by atoms with Crippen LogP contribution in [0.3, 0.4) is 0 Å². The summed E-state index contributed by atoms with van der Waals surface area (Å²) < 4.78 is 20.4. The summed E-state index contributed by atoms with van der Waals surface area (Å²) in [7, 11) is 2.43. The maximum Gasteiger partial charge on any atom is 0.338 e. The minimum absolute atomic E-state index is 0.0333. The third-order valence-electron chi connectivity index (χ3n) is 4.86. The van der Waals surface area contributed by atoms with Crippen LogP contribution in [-0.4, -0.2) is 32.1 Å². The van der Waals surface area contributed by atoms with Gasteiger partial charge in [0.2, 0.25) is 0 Å². The number of furan rings is 1. The summed E-state index contributed by atoms with van der Waals surface area (Å²) >= 11 is 0. The van der Waals surface area contributed by atoms with Crippen molar-refractivity contribution >= 4 is 39.6 Å². The van der Waals surface area contributed by atoms with Gasteiger partial charge in [-0.15, -0.1) is 0 Å². The molecule has 4 rings (SSSR count). The molecule has 0 aliphatic carbocycles. The molecule has 0 atom stereocenters. The van der Waals surface area contributed by atoms with Crippen LogP contribution in [0.4, 0.5) is 0 Å². The third kappa shape index (κ3) is 3.98. The first-order chi connectivity index (χ1) is 15.0. The fourth-order valence-corrected chi connectivity index (χ4v) is 3.46. The van der Waals surface area contributed by atoms with Gasteiger partial charge in [-0.25, -0.2) is 9.59 Å². The van der Waals surface area contributed by atoms with E-state index in [2.05, 4.69) is 0 Å².